The number of nitriles is 1. The van der Waals surface area contributed by atoms with Gasteiger partial charge in [-0.15, -0.1) is 5.10 Å². The Balaban J connectivity index is 1.51. The van der Waals surface area contributed by atoms with Crippen LogP contribution < -0.4 is 5.32 Å². The summed E-state index contributed by atoms with van der Waals surface area (Å²) in [4.78, 5) is 16.7. The van der Waals surface area contributed by atoms with Crippen LogP contribution in [0.15, 0.2) is 66.9 Å². The minimum atomic E-state index is 0.00856. The van der Waals surface area contributed by atoms with Crippen molar-refractivity contribution in [2.45, 2.75) is 33.6 Å². The van der Waals surface area contributed by atoms with Gasteiger partial charge < -0.3 is 5.32 Å². The third kappa shape index (κ3) is 5.01. The van der Waals surface area contributed by atoms with Gasteiger partial charge in [0.2, 0.25) is 5.95 Å². The molecule has 0 aliphatic rings. The molecule has 1 N–H and O–H groups in total. The number of aromatic nitrogens is 3. The van der Waals surface area contributed by atoms with Gasteiger partial charge in [-0.25, -0.2) is 4.52 Å². The highest BCUT2D eigenvalue weighted by atomic mass is 16.1. The van der Waals surface area contributed by atoms with Crippen LogP contribution >= 0.6 is 0 Å². The fraction of sp³-hybridized carbons (Fsp3) is 0.231. The van der Waals surface area contributed by atoms with E-state index in [4.69, 9.17) is 0 Å². The summed E-state index contributed by atoms with van der Waals surface area (Å²) in [5.41, 5.74) is 4.98. The van der Waals surface area contributed by atoms with Crippen LogP contribution in [0.5, 0.6) is 0 Å². The molecular formula is C26H25N5O. The van der Waals surface area contributed by atoms with E-state index < -0.39 is 0 Å². The summed E-state index contributed by atoms with van der Waals surface area (Å²) in [6.45, 7) is 6.24. The molecule has 4 rings (SSSR count). The fourth-order valence-electron chi connectivity index (χ4n) is 3.61. The summed E-state index contributed by atoms with van der Waals surface area (Å²) < 4.78 is 1.72. The van der Waals surface area contributed by atoms with Crippen LogP contribution in [0.2, 0.25) is 0 Å². The number of fused-ring (bicyclic) bond motifs is 1. The molecule has 0 spiro atoms. The highest BCUT2D eigenvalue weighted by molar-refractivity contribution is 5.81. The van der Waals surface area contributed by atoms with Crippen LogP contribution in [-0.4, -0.2) is 20.4 Å². The normalized spacial score (nSPS) is 11.3. The molecule has 2 aromatic heterocycles. The zero-order chi connectivity index (χ0) is 22.7. The number of benzene rings is 2. The lowest BCUT2D eigenvalue weighted by molar-refractivity contribution is -0.120. The maximum absolute atomic E-state index is 12.3. The van der Waals surface area contributed by atoms with Crippen molar-refractivity contribution in [3.05, 3.63) is 78.0 Å². The molecule has 0 aliphatic carbocycles. The lowest BCUT2D eigenvalue weighted by atomic mass is 9.88. The van der Waals surface area contributed by atoms with E-state index in [1.54, 1.807) is 10.6 Å². The molecule has 160 valence electrons. The number of rotatable bonds is 6. The lowest BCUT2D eigenvalue weighted by Crippen LogP contribution is -2.14. The number of ketones is 1. The second-order valence-corrected chi connectivity index (χ2v) is 9.09. The first-order valence-corrected chi connectivity index (χ1v) is 10.5. The van der Waals surface area contributed by atoms with Gasteiger partial charge in [0.05, 0.1) is 11.3 Å². The minimum Gasteiger partial charge on any atom is -0.322 e. The van der Waals surface area contributed by atoms with Crippen molar-refractivity contribution in [3.63, 3.8) is 0 Å². The highest BCUT2D eigenvalue weighted by Gasteiger charge is 2.16. The Bertz CT molecular complexity index is 1310. The van der Waals surface area contributed by atoms with Crippen molar-refractivity contribution >= 4 is 23.1 Å². The van der Waals surface area contributed by atoms with Crippen molar-refractivity contribution in [2.24, 2.45) is 5.41 Å². The number of hydrogen-bond donors (Lipinski definition) is 1. The van der Waals surface area contributed by atoms with Crippen molar-refractivity contribution in [3.8, 4) is 17.2 Å². The van der Waals surface area contributed by atoms with Crippen LogP contribution in [0.1, 0.15) is 38.3 Å². The maximum atomic E-state index is 12.3. The molecule has 4 aromatic rings. The molecule has 0 saturated carbocycles. The van der Waals surface area contributed by atoms with Crippen LogP contribution in [0.3, 0.4) is 0 Å². The Morgan fingerprint density at radius 1 is 1.03 bits per heavy atom. The van der Waals surface area contributed by atoms with Gasteiger partial charge in [0.15, 0.2) is 5.65 Å². The molecular weight excluding hydrogens is 398 g/mol. The van der Waals surface area contributed by atoms with Crippen molar-refractivity contribution in [1.29, 1.82) is 5.26 Å². The summed E-state index contributed by atoms with van der Waals surface area (Å²) in [7, 11) is 0. The maximum Gasteiger partial charge on any atom is 0.247 e. The summed E-state index contributed by atoms with van der Waals surface area (Å²) >= 11 is 0. The van der Waals surface area contributed by atoms with Crippen molar-refractivity contribution in [2.75, 3.05) is 5.32 Å². The predicted molar refractivity (Wildman–Crippen MR) is 126 cm³/mol. The number of nitrogens with zero attached hydrogens (tertiary/aromatic N) is 4. The molecule has 2 aromatic carbocycles. The fourth-order valence-corrected chi connectivity index (χ4v) is 3.61. The number of Topliss-reactive ketones (excluding diaryl/α,β-unsaturated/α-hetero) is 1. The minimum absolute atomic E-state index is 0.00856. The quantitative estimate of drug-likeness (QED) is 0.439. The average Bonchev–Trinajstić information content (AvgIpc) is 3.15. The van der Waals surface area contributed by atoms with E-state index in [0.29, 0.717) is 35.7 Å². The Kier molecular flexibility index (Phi) is 5.74. The number of carbonyl (C=O) groups excluding carboxylic acids is 1. The molecule has 0 unspecified atom stereocenters. The third-order valence-electron chi connectivity index (χ3n) is 5.04. The number of anilines is 2. The van der Waals surface area contributed by atoms with Gasteiger partial charge in [0.25, 0.3) is 0 Å². The highest BCUT2D eigenvalue weighted by Crippen LogP contribution is 2.24. The molecule has 0 fully saturated rings. The first-order chi connectivity index (χ1) is 15.3. The molecule has 6 nitrogen and oxygen atoms in total. The van der Waals surface area contributed by atoms with E-state index in [0.717, 1.165) is 16.7 Å². The van der Waals surface area contributed by atoms with E-state index in [1.807, 2.05) is 60.8 Å². The van der Waals surface area contributed by atoms with E-state index in [2.05, 4.69) is 42.2 Å². The van der Waals surface area contributed by atoms with Gasteiger partial charge in [-0.1, -0.05) is 57.2 Å². The Labute approximate surface area is 187 Å². The van der Waals surface area contributed by atoms with E-state index in [9.17, 15) is 10.1 Å². The summed E-state index contributed by atoms with van der Waals surface area (Å²) in [5.74, 6) is 0.685. The summed E-state index contributed by atoms with van der Waals surface area (Å²) in [6.07, 6.45) is 2.95. The van der Waals surface area contributed by atoms with Gasteiger partial charge in [0.1, 0.15) is 11.9 Å². The molecule has 0 amide bonds. The molecule has 0 bridgehead atoms. The van der Waals surface area contributed by atoms with E-state index in [-0.39, 0.29) is 11.2 Å². The number of para-hydroxylation sites is 1. The van der Waals surface area contributed by atoms with Gasteiger partial charge in [-0.05, 0) is 40.8 Å². The summed E-state index contributed by atoms with van der Waals surface area (Å²) in [5, 5.41) is 16.9. The first kappa shape index (κ1) is 21.3. The Hall–Kier alpha value is -3.98. The third-order valence-corrected chi connectivity index (χ3v) is 5.04. The molecule has 0 atom stereocenters. The zero-order valence-corrected chi connectivity index (χ0v) is 18.5. The van der Waals surface area contributed by atoms with E-state index in [1.165, 1.54) is 0 Å². The monoisotopic (exact) mass is 423 g/mol. The average molecular weight is 424 g/mol. The molecule has 0 saturated heterocycles. The Morgan fingerprint density at radius 2 is 1.75 bits per heavy atom. The molecule has 2 heterocycles. The molecule has 32 heavy (non-hydrogen) atoms. The smallest absolute Gasteiger partial charge is 0.247 e. The van der Waals surface area contributed by atoms with Crippen LogP contribution in [0, 0.1) is 16.7 Å². The molecule has 6 heteroatoms. The second kappa shape index (κ2) is 8.64. The molecule has 0 aliphatic heterocycles. The second-order valence-electron chi connectivity index (χ2n) is 9.09. The largest absolute Gasteiger partial charge is 0.322 e. The number of nitrogens with one attached hydrogen (secondary N) is 1. The van der Waals surface area contributed by atoms with Crippen LogP contribution in [0.4, 0.5) is 11.6 Å². The van der Waals surface area contributed by atoms with Gasteiger partial charge >= 0.3 is 0 Å². The Morgan fingerprint density at radius 3 is 2.47 bits per heavy atom. The van der Waals surface area contributed by atoms with Gasteiger partial charge in [0, 0.05) is 24.6 Å². The number of hydrogen-bond acceptors (Lipinski definition) is 5. The van der Waals surface area contributed by atoms with Gasteiger partial charge in [-0.3, -0.25) is 4.79 Å². The zero-order valence-electron chi connectivity index (χ0n) is 18.5. The topological polar surface area (TPSA) is 83.1 Å². The lowest BCUT2D eigenvalue weighted by Gasteiger charge is -2.16. The number of pyridine rings is 1. The number of carbonyl (C=O) groups is 1. The van der Waals surface area contributed by atoms with Gasteiger partial charge in [-0.2, -0.15) is 10.2 Å². The van der Waals surface area contributed by atoms with Crippen molar-refractivity contribution in [1.82, 2.24) is 14.6 Å². The first-order valence-electron chi connectivity index (χ1n) is 10.5. The molecule has 0 radical (unpaired) electrons. The van der Waals surface area contributed by atoms with E-state index >= 15 is 0 Å². The standard InChI is InChI=1S/C26H25N5O/c1-26(2,3)15-22(32)14-18-8-10-19(11-9-18)21-12-13-24-29-25(30-31(24)17-21)28-23-7-5-4-6-20(23)16-27/h4-13,17H,14-15H2,1-3H3,(H,28,30). The summed E-state index contributed by atoms with van der Waals surface area (Å²) in [6, 6.07) is 21.4. The van der Waals surface area contributed by atoms with Crippen LogP contribution in [0.25, 0.3) is 16.8 Å². The van der Waals surface area contributed by atoms with Crippen molar-refractivity contribution < 1.29 is 4.79 Å². The SMILES string of the molecule is CC(C)(C)CC(=O)Cc1ccc(-c2ccc3nc(Nc4ccccc4C#N)nn3c2)cc1. The predicted octanol–water partition coefficient (Wildman–Crippen LogP) is 5.56. The van der Waals surface area contributed by atoms with Crippen LogP contribution in [-0.2, 0) is 11.2 Å².